The Hall–Kier alpha value is -5.28. The van der Waals surface area contributed by atoms with Crippen LogP contribution < -0.4 is 20.1 Å². The van der Waals surface area contributed by atoms with E-state index in [1.165, 1.54) is 14.2 Å². The highest BCUT2D eigenvalue weighted by Gasteiger charge is 2.20. The Bertz CT molecular complexity index is 1900. The predicted octanol–water partition coefficient (Wildman–Crippen LogP) is 6.85. The average molecular weight is 561 g/mol. The van der Waals surface area contributed by atoms with Gasteiger partial charge in [-0.15, -0.1) is 0 Å². The number of ether oxygens (including phenoxy) is 2. The summed E-state index contributed by atoms with van der Waals surface area (Å²) in [6.45, 7) is 0. The third kappa shape index (κ3) is 5.18. The van der Waals surface area contributed by atoms with Crippen molar-refractivity contribution in [3.63, 3.8) is 0 Å². The fourth-order valence-corrected chi connectivity index (χ4v) is 4.84. The molecule has 0 fully saturated rings. The standard InChI is InChI=1S/C32H24N4O4S/c1-38-27-13-8-14-28(39-2)29(27)30(37)36-32(41)33-20-15-16-26-25(17-20)35-31(40-26)22-18-24(19-9-4-3-5-10-19)34-23-12-7-6-11-21(22)23/h3-18H,1-2H3,(H2,33,36,37,41). The van der Waals surface area contributed by atoms with Gasteiger partial charge in [-0.25, -0.2) is 9.97 Å². The van der Waals surface area contributed by atoms with E-state index in [0.717, 1.165) is 27.7 Å². The van der Waals surface area contributed by atoms with E-state index >= 15 is 0 Å². The van der Waals surface area contributed by atoms with Crippen molar-refractivity contribution in [1.82, 2.24) is 15.3 Å². The molecule has 0 atom stereocenters. The molecule has 2 aromatic heterocycles. The number of pyridine rings is 1. The van der Waals surface area contributed by atoms with Crippen LogP contribution in [0.15, 0.2) is 101 Å². The van der Waals surface area contributed by atoms with Crippen molar-refractivity contribution < 1.29 is 18.7 Å². The number of hydrogen-bond donors (Lipinski definition) is 2. The van der Waals surface area contributed by atoms with Crippen LogP contribution in [-0.4, -0.2) is 35.2 Å². The van der Waals surface area contributed by atoms with E-state index < -0.39 is 5.91 Å². The molecule has 0 aliphatic rings. The van der Waals surface area contributed by atoms with Crippen LogP contribution in [0.2, 0.25) is 0 Å². The molecule has 9 heteroatoms. The van der Waals surface area contributed by atoms with E-state index in [4.69, 9.17) is 36.1 Å². The van der Waals surface area contributed by atoms with Crippen LogP contribution in [0.4, 0.5) is 5.69 Å². The summed E-state index contributed by atoms with van der Waals surface area (Å²) in [4.78, 5) is 22.6. The first-order valence-electron chi connectivity index (χ1n) is 12.7. The fourth-order valence-electron chi connectivity index (χ4n) is 4.63. The van der Waals surface area contributed by atoms with Gasteiger partial charge in [-0.05, 0) is 54.7 Å². The highest BCUT2D eigenvalue weighted by atomic mass is 32.1. The summed E-state index contributed by atoms with van der Waals surface area (Å²) in [6.07, 6.45) is 0. The van der Waals surface area contributed by atoms with Crippen molar-refractivity contribution in [1.29, 1.82) is 0 Å². The zero-order valence-corrected chi connectivity index (χ0v) is 23.0. The summed E-state index contributed by atoms with van der Waals surface area (Å²) in [5.41, 5.74) is 5.65. The number of thiocarbonyl (C=S) groups is 1. The Morgan fingerprint density at radius 1 is 0.805 bits per heavy atom. The van der Waals surface area contributed by atoms with Crippen molar-refractivity contribution in [3.05, 3.63) is 103 Å². The van der Waals surface area contributed by atoms with E-state index in [2.05, 4.69) is 10.6 Å². The van der Waals surface area contributed by atoms with Crippen LogP contribution >= 0.6 is 12.2 Å². The number of anilines is 1. The zero-order valence-electron chi connectivity index (χ0n) is 22.2. The molecule has 0 bridgehead atoms. The van der Waals surface area contributed by atoms with E-state index in [1.807, 2.05) is 72.8 Å². The van der Waals surface area contributed by atoms with Gasteiger partial charge in [0.15, 0.2) is 10.7 Å². The van der Waals surface area contributed by atoms with Crippen LogP contribution in [0.3, 0.4) is 0 Å². The van der Waals surface area contributed by atoms with Crippen molar-refractivity contribution in [2.24, 2.45) is 0 Å². The smallest absolute Gasteiger partial charge is 0.264 e. The lowest BCUT2D eigenvalue weighted by Crippen LogP contribution is -2.34. The number of nitrogens with one attached hydrogen (secondary N) is 2. The molecular formula is C32H24N4O4S. The van der Waals surface area contributed by atoms with Crippen LogP contribution in [0.5, 0.6) is 11.5 Å². The van der Waals surface area contributed by atoms with E-state index in [9.17, 15) is 4.79 Å². The quantitative estimate of drug-likeness (QED) is 0.213. The van der Waals surface area contributed by atoms with Crippen LogP contribution in [0.1, 0.15) is 10.4 Å². The van der Waals surface area contributed by atoms with E-state index in [1.54, 1.807) is 24.3 Å². The number of methoxy groups -OCH3 is 2. The van der Waals surface area contributed by atoms with Crippen molar-refractivity contribution >= 4 is 50.9 Å². The van der Waals surface area contributed by atoms with Gasteiger partial charge < -0.3 is 19.2 Å². The molecule has 0 unspecified atom stereocenters. The van der Waals surface area contributed by atoms with Crippen LogP contribution in [0, 0.1) is 0 Å². The topological polar surface area (TPSA) is 98.5 Å². The molecule has 6 aromatic rings. The van der Waals surface area contributed by atoms with E-state index in [0.29, 0.717) is 34.2 Å². The number of oxazole rings is 1. The average Bonchev–Trinajstić information content (AvgIpc) is 3.43. The first-order valence-corrected chi connectivity index (χ1v) is 13.1. The molecule has 0 radical (unpaired) electrons. The third-order valence-electron chi connectivity index (χ3n) is 6.54. The number of rotatable bonds is 6. The summed E-state index contributed by atoms with van der Waals surface area (Å²) in [5.74, 6) is 0.771. The normalized spacial score (nSPS) is 10.9. The molecule has 2 N–H and O–H groups in total. The van der Waals surface area contributed by atoms with Gasteiger partial charge in [0.1, 0.15) is 22.6 Å². The molecule has 41 heavy (non-hydrogen) atoms. The summed E-state index contributed by atoms with van der Waals surface area (Å²) in [6, 6.07) is 30.4. The maximum Gasteiger partial charge on any atom is 0.264 e. The SMILES string of the molecule is COc1cccc(OC)c1C(=O)NC(=S)Nc1ccc2oc(-c3cc(-c4ccccc4)nc4ccccc34)nc2c1. The first-order chi connectivity index (χ1) is 20.0. The second kappa shape index (κ2) is 11.1. The Morgan fingerprint density at radius 2 is 1.54 bits per heavy atom. The van der Waals surface area contributed by atoms with Gasteiger partial charge in [-0.2, -0.15) is 0 Å². The second-order valence-corrected chi connectivity index (χ2v) is 9.49. The lowest BCUT2D eigenvalue weighted by Gasteiger charge is -2.14. The Morgan fingerprint density at radius 3 is 2.29 bits per heavy atom. The summed E-state index contributed by atoms with van der Waals surface area (Å²) >= 11 is 5.41. The van der Waals surface area contributed by atoms with E-state index in [-0.39, 0.29) is 10.7 Å². The first kappa shape index (κ1) is 26.0. The number of carbonyl (C=O) groups excluding carboxylic acids is 1. The van der Waals surface area contributed by atoms with Gasteiger partial charge in [-0.3, -0.25) is 10.1 Å². The number of carbonyl (C=O) groups is 1. The minimum absolute atomic E-state index is 0.110. The number of hydrogen-bond acceptors (Lipinski definition) is 7. The molecule has 4 aromatic carbocycles. The van der Waals surface area contributed by atoms with Crippen LogP contribution in [0.25, 0.3) is 44.7 Å². The predicted molar refractivity (Wildman–Crippen MR) is 163 cm³/mol. The number of aromatic nitrogens is 2. The largest absolute Gasteiger partial charge is 0.496 e. The number of fused-ring (bicyclic) bond motifs is 2. The van der Waals surface area contributed by atoms with Crippen LogP contribution in [-0.2, 0) is 0 Å². The summed E-state index contributed by atoms with van der Waals surface area (Å²) < 4.78 is 16.8. The number of nitrogens with zero attached hydrogens (tertiary/aromatic N) is 2. The van der Waals surface area contributed by atoms with Crippen molar-refractivity contribution in [2.45, 2.75) is 0 Å². The van der Waals surface area contributed by atoms with Gasteiger partial charge in [0.25, 0.3) is 5.91 Å². The van der Waals surface area contributed by atoms with Gasteiger partial charge in [-0.1, -0.05) is 54.6 Å². The molecule has 2 heterocycles. The fraction of sp³-hybridized carbons (Fsp3) is 0.0625. The highest BCUT2D eigenvalue weighted by molar-refractivity contribution is 7.80. The number of benzene rings is 4. The monoisotopic (exact) mass is 560 g/mol. The molecule has 202 valence electrons. The molecule has 0 aliphatic carbocycles. The third-order valence-corrected chi connectivity index (χ3v) is 6.75. The molecule has 0 saturated heterocycles. The van der Waals surface area contributed by atoms with Crippen molar-refractivity contribution in [2.75, 3.05) is 19.5 Å². The molecule has 0 spiro atoms. The Balaban J connectivity index is 1.28. The zero-order chi connectivity index (χ0) is 28.3. The lowest BCUT2D eigenvalue weighted by molar-refractivity contribution is 0.0971. The van der Waals surface area contributed by atoms with Crippen molar-refractivity contribution in [3.8, 4) is 34.2 Å². The lowest BCUT2D eigenvalue weighted by atomic mass is 10.0. The second-order valence-electron chi connectivity index (χ2n) is 9.09. The van der Waals surface area contributed by atoms with Gasteiger partial charge in [0.05, 0.1) is 25.4 Å². The summed E-state index contributed by atoms with van der Waals surface area (Å²) in [5, 5.41) is 6.78. The minimum atomic E-state index is -0.458. The number of amides is 1. The van der Waals surface area contributed by atoms with Gasteiger partial charge >= 0.3 is 0 Å². The molecule has 0 aliphatic heterocycles. The number of para-hydroxylation sites is 1. The summed E-state index contributed by atoms with van der Waals surface area (Å²) in [7, 11) is 2.97. The minimum Gasteiger partial charge on any atom is -0.496 e. The Kier molecular flexibility index (Phi) is 7.01. The molecule has 6 rings (SSSR count). The van der Waals surface area contributed by atoms with Gasteiger partial charge in [0.2, 0.25) is 5.89 Å². The maximum atomic E-state index is 13.0. The molecular weight excluding hydrogens is 536 g/mol. The molecule has 1 amide bonds. The maximum absolute atomic E-state index is 13.0. The van der Waals surface area contributed by atoms with Gasteiger partial charge in [0, 0.05) is 22.2 Å². The molecule has 8 nitrogen and oxygen atoms in total. The Labute approximate surface area is 241 Å². The highest BCUT2D eigenvalue weighted by Crippen LogP contribution is 2.34. The molecule has 0 saturated carbocycles.